The van der Waals surface area contributed by atoms with Crippen LogP contribution >= 0.6 is 0 Å². The van der Waals surface area contributed by atoms with Crippen LogP contribution in [0.15, 0.2) is 60.8 Å². The molecule has 3 rings (SSSR count). The van der Waals surface area contributed by atoms with E-state index in [4.69, 9.17) is 9.47 Å². The molecule has 0 bridgehead atoms. The minimum absolute atomic E-state index is 0.192. The normalized spacial score (nSPS) is 12.3. The maximum atomic E-state index is 14.0. The van der Waals surface area contributed by atoms with Crippen molar-refractivity contribution in [2.45, 2.75) is 12.2 Å². The number of hydrogen-bond acceptors (Lipinski definition) is 4. The first-order chi connectivity index (χ1) is 13.8. The van der Waals surface area contributed by atoms with Crippen LogP contribution in [0.1, 0.15) is 22.7 Å². The number of hydrogen-bond donors (Lipinski definition) is 1. The Hall–Kier alpha value is -3.29. The van der Waals surface area contributed by atoms with Gasteiger partial charge in [0.15, 0.2) is 0 Å². The number of aromatic nitrogens is 1. The Bertz CT molecular complexity index is 975. The van der Waals surface area contributed by atoms with Crippen molar-refractivity contribution in [3.63, 3.8) is 0 Å². The van der Waals surface area contributed by atoms with E-state index in [0.29, 0.717) is 22.6 Å². The number of nitrogens with zero attached hydrogens (tertiary/aromatic N) is 1. The average molecular weight is 406 g/mol. The van der Waals surface area contributed by atoms with Crippen LogP contribution in [0.25, 0.3) is 0 Å². The minimum Gasteiger partial charge on any atom is -0.497 e. The summed E-state index contributed by atoms with van der Waals surface area (Å²) in [7, 11) is 2.97. The van der Waals surface area contributed by atoms with E-state index in [-0.39, 0.29) is 5.82 Å². The Labute approximate surface area is 165 Å². The number of benzene rings is 2. The number of alkyl halides is 3. The van der Waals surface area contributed by atoms with Gasteiger partial charge < -0.3 is 14.8 Å². The maximum Gasteiger partial charge on any atom is 0.417 e. The lowest BCUT2D eigenvalue weighted by molar-refractivity contribution is -0.137. The number of nitrogens with one attached hydrogen (secondary N) is 1. The Morgan fingerprint density at radius 1 is 0.966 bits per heavy atom. The van der Waals surface area contributed by atoms with Crippen molar-refractivity contribution in [2.24, 2.45) is 0 Å². The molecule has 1 N–H and O–H groups in total. The molecule has 1 aromatic heterocycles. The van der Waals surface area contributed by atoms with Crippen LogP contribution in [-0.2, 0) is 6.18 Å². The van der Waals surface area contributed by atoms with E-state index in [0.717, 1.165) is 12.3 Å². The van der Waals surface area contributed by atoms with Crippen molar-refractivity contribution in [2.75, 3.05) is 19.5 Å². The summed E-state index contributed by atoms with van der Waals surface area (Å²) in [5, 5.41) is 3.06. The fourth-order valence-electron chi connectivity index (χ4n) is 2.89. The summed E-state index contributed by atoms with van der Waals surface area (Å²) < 4.78 is 63.0. The van der Waals surface area contributed by atoms with Gasteiger partial charge in [-0.15, -0.1) is 0 Å². The van der Waals surface area contributed by atoms with Crippen LogP contribution < -0.4 is 14.8 Å². The van der Waals surface area contributed by atoms with Crippen LogP contribution in [0.4, 0.5) is 23.4 Å². The van der Waals surface area contributed by atoms with Gasteiger partial charge in [0, 0.05) is 11.8 Å². The standard InChI is InChI=1S/C21H18F4N2O2/c1-28-16-5-3-4-13(10-16)20(17-11-15(22)7-8-18(17)29-2)27-19-9-6-14(12-26-19)21(23,24)25/h3-12,20H,1-2H3,(H,26,27). The van der Waals surface area contributed by atoms with Crippen molar-refractivity contribution < 1.29 is 27.0 Å². The Balaban J connectivity index is 2.05. The molecule has 152 valence electrons. The van der Waals surface area contributed by atoms with Gasteiger partial charge in [0.05, 0.1) is 25.8 Å². The predicted octanol–water partition coefficient (Wildman–Crippen LogP) is 5.46. The second-order valence-corrected chi connectivity index (χ2v) is 6.17. The fraction of sp³-hybridized carbons (Fsp3) is 0.190. The molecule has 0 fully saturated rings. The molecule has 0 aliphatic carbocycles. The zero-order valence-corrected chi connectivity index (χ0v) is 15.6. The number of pyridine rings is 1. The molecule has 0 spiro atoms. The molecule has 0 aliphatic heterocycles. The second-order valence-electron chi connectivity index (χ2n) is 6.17. The molecular weight excluding hydrogens is 388 g/mol. The average Bonchev–Trinajstić information content (AvgIpc) is 2.71. The highest BCUT2D eigenvalue weighted by molar-refractivity contribution is 5.50. The van der Waals surface area contributed by atoms with Crippen LogP contribution in [0.2, 0.25) is 0 Å². The van der Waals surface area contributed by atoms with Crippen molar-refractivity contribution in [1.82, 2.24) is 4.98 Å². The third-order valence-electron chi connectivity index (χ3n) is 4.31. The molecule has 0 amide bonds. The van der Waals surface area contributed by atoms with Crippen molar-refractivity contribution in [3.05, 3.63) is 83.3 Å². The Morgan fingerprint density at radius 3 is 2.38 bits per heavy atom. The zero-order valence-electron chi connectivity index (χ0n) is 15.6. The summed E-state index contributed by atoms with van der Waals surface area (Å²) in [5.41, 5.74) is 0.293. The number of halogens is 4. The summed E-state index contributed by atoms with van der Waals surface area (Å²) in [6, 6.07) is 12.6. The molecule has 3 aromatic rings. The van der Waals surface area contributed by atoms with Crippen molar-refractivity contribution in [3.8, 4) is 11.5 Å². The lowest BCUT2D eigenvalue weighted by atomic mass is 9.97. The Kier molecular flexibility index (Phi) is 5.91. The van der Waals surface area contributed by atoms with E-state index in [1.807, 2.05) is 0 Å². The summed E-state index contributed by atoms with van der Waals surface area (Å²) in [6.07, 6.45) is -3.74. The van der Waals surface area contributed by atoms with Gasteiger partial charge in [-0.05, 0) is 48.0 Å². The van der Waals surface area contributed by atoms with Gasteiger partial charge in [-0.25, -0.2) is 9.37 Å². The molecule has 0 radical (unpaired) electrons. The van der Waals surface area contributed by atoms with E-state index in [1.54, 1.807) is 24.3 Å². The van der Waals surface area contributed by atoms with Crippen LogP contribution in [-0.4, -0.2) is 19.2 Å². The third-order valence-corrected chi connectivity index (χ3v) is 4.31. The van der Waals surface area contributed by atoms with E-state index < -0.39 is 23.6 Å². The minimum atomic E-state index is -4.48. The molecule has 1 unspecified atom stereocenters. The van der Waals surface area contributed by atoms with Gasteiger partial charge in [0.2, 0.25) is 0 Å². The Morgan fingerprint density at radius 2 is 1.76 bits per heavy atom. The van der Waals surface area contributed by atoms with Gasteiger partial charge in [-0.3, -0.25) is 0 Å². The molecule has 0 saturated carbocycles. The first-order valence-corrected chi connectivity index (χ1v) is 8.59. The number of anilines is 1. The van der Waals surface area contributed by atoms with Crippen LogP contribution in [0, 0.1) is 5.82 Å². The molecule has 1 heterocycles. The molecule has 29 heavy (non-hydrogen) atoms. The summed E-state index contributed by atoms with van der Waals surface area (Å²) >= 11 is 0. The van der Waals surface area contributed by atoms with Crippen molar-refractivity contribution >= 4 is 5.82 Å². The first kappa shape index (κ1) is 20.4. The molecule has 4 nitrogen and oxygen atoms in total. The highest BCUT2D eigenvalue weighted by atomic mass is 19.4. The molecule has 0 saturated heterocycles. The highest BCUT2D eigenvalue weighted by Crippen LogP contribution is 2.35. The van der Waals surface area contributed by atoms with Crippen LogP contribution in [0.5, 0.6) is 11.5 Å². The lowest BCUT2D eigenvalue weighted by Crippen LogP contribution is -2.15. The van der Waals surface area contributed by atoms with E-state index in [2.05, 4.69) is 10.3 Å². The van der Waals surface area contributed by atoms with E-state index in [1.165, 1.54) is 38.5 Å². The third kappa shape index (κ3) is 4.77. The SMILES string of the molecule is COc1cccc(C(Nc2ccc(C(F)(F)F)cn2)c2cc(F)ccc2OC)c1. The quantitative estimate of drug-likeness (QED) is 0.552. The van der Waals surface area contributed by atoms with Gasteiger partial charge in [0.25, 0.3) is 0 Å². The maximum absolute atomic E-state index is 14.0. The lowest BCUT2D eigenvalue weighted by Gasteiger charge is -2.23. The molecule has 1 atom stereocenters. The molecule has 0 aliphatic rings. The molecule has 8 heteroatoms. The first-order valence-electron chi connectivity index (χ1n) is 8.59. The van der Waals surface area contributed by atoms with Gasteiger partial charge in [-0.1, -0.05) is 12.1 Å². The second kappa shape index (κ2) is 8.38. The smallest absolute Gasteiger partial charge is 0.417 e. The monoisotopic (exact) mass is 406 g/mol. The predicted molar refractivity (Wildman–Crippen MR) is 101 cm³/mol. The van der Waals surface area contributed by atoms with E-state index >= 15 is 0 Å². The fourth-order valence-corrected chi connectivity index (χ4v) is 2.89. The topological polar surface area (TPSA) is 43.4 Å². The summed E-state index contributed by atoms with van der Waals surface area (Å²) in [5.74, 6) is 0.705. The van der Waals surface area contributed by atoms with E-state index in [9.17, 15) is 17.6 Å². The van der Waals surface area contributed by atoms with Gasteiger partial charge in [0.1, 0.15) is 23.1 Å². The van der Waals surface area contributed by atoms with Crippen molar-refractivity contribution in [1.29, 1.82) is 0 Å². The van der Waals surface area contributed by atoms with Crippen LogP contribution in [0.3, 0.4) is 0 Å². The number of rotatable bonds is 6. The molecule has 2 aromatic carbocycles. The number of ether oxygens (including phenoxy) is 2. The number of methoxy groups -OCH3 is 2. The van der Waals surface area contributed by atoms with Gasteiger partial charge >= 0.3 is 6.18 Å². The van der Waals surface area contributed by atoms with Gasteiger partial charge in [-0.2, -0.15) is 13.2 Å². The summed E-state index contributed by atoms with van der Waals surface area (Å²) in [6.45, 7) is 0. The summed E-state index contributed by atoms with van der Waals surface area (Å²) in [4.78, 5) is 3.86. The molecular formula is C21H18F4N2O2. The zero-order chi connectivity index (χ0) is 21.0. The highest BCUT2D eigenvalue weighted by Gasteiger charge is 2.31. The largest absolute Gasteiger partial charge is 0.497 e.